The Morgan fingerprint density at radius 1 is 1.17 bits per heavy atom. The number of rotatable bonds is 5. The first-order chi connectivity index (χ1) is 8.54. The van der Waals surface area contributed by atoms with Crippen molar-refractivity contribution < 1.29 is 0 Å². The number of benzene rings is 1. The van der Waals surface area contributed by atoms with E-state index in [1.54, 1.807) is 0 Å². The van der Waals surface area contributed by atoms with Crippen LogP contribution in [0.1, 0.15) is 39.2 Å². The second kappa shape index (κ2) is 6.21. The summed E-state index contributed by atoms with van der Waals surface area (Å²) < 4.78 is 1.16. The van der Waals surface area contributed by atoms with Gasteiger partial charge >= 0.3 is 0 Å². The third-order valence-electron chi connectivity index (χ3n) is 4.09. The second-order valence-electron chi connectivity index (χ2n) is 6.07. The van der Waals surface area contributed by atoms with Crippen molar-refractivity contribution >= 4 is 15.9 Å². The normalized spacial score (nSPS) is 24.9. The van der Waals surface area contributed by atoms with Crippen LogP contribution in [0.5, 0.6) is 0 Å². The first-order valence-corrected chi connectivity index (χ1v) is 7.84. The quantitative estimate of drug-likeness (QED) is 0.850. The van der Waals surface area contributed by atoms with Gasteiger partial charge < -0.3 is 5.32 Å². The van der Waals surface area contributed by atoms with Gasteiger partial charge in [0.25, 0.3) is 0 Å². The lowest BCUT2D eigenvalue weighted by Crippen LogP contribution is -2.47. The third kappa shape index (κ3) is 3.83. The van der Waals surface area contributed by atoms with Gasteiger partial charge in [-0.1, -0.05) is 41.9 Å². The van der Waals surface area contributed by atoms with Crippen molar-refractivity contribution in [2.45, 2.75) is 52.1 Å². The average molecular weight is 310 g/mol. The molecular formula is C16H24BrN. The number of hydrogen-bond donors (Lipinski definition) is 1. The smallest absolute Gasteiger partial charge is 0.0175 e. The molecule has 1 aromatic rings. The maximum atomic E-state index is 3.75. The molecule has 1 aliphatic carbocycles. The molecule has 100 valence electrons. The van der Waals surface area contributed by atoms with Gasteiger partial charge in [-0.25, -0.2) is 0 Å². The molecule has 0 radical (unpaired) electrons. The summed E-state index contributed by atoms with van der Waals surface area (Å²) in [5.74, 6) is 1.80. The van der Waals surface area contributed by atoms with E-state index < -0.39 is 0 Å². The van der Waals surface area contributed by atoms with E-state index in [9.17, 15) is 0 Å². The van der Waals surface area contributed by atoms with E-state index in [2.05, 4.69) is 66.3 Å². The Balaban J connectivity index is 1.73. The highest BCUT2D eigenvalue weighted by Crippen LogP contribution is 2.33. The summed E-state index contributed by atoms with van der Waals surface area (Å²) in [6.07, 6.45) is 3.85. The molecule has 0 amide bonds. The average Bonchev–Trinajstić information content (AvgIpc) is 2.25. The molecule has 2 rings (SSSR count). The molecule has 1 aromatic carbocycles. The standard InChI is InChI=1S/C16H24BrN/c1-11(2)14-9-16(10-14)18-12(3)8-13-4-6-15(17)7-5-13/h4-7,11-12,14,16,18H,8-10H2,1-3H3. The summed E-state index contributed by atoms with van der Waals surface area (Å²) >= 11 is 3.48. The topological polar surface area (TPSA) is 12.0 Å². The highest BCUT2D eigenvalue weighted by Gasteiger charge is 2.31. The first-order valence-electron chi connectivity index (χ1n) is 7.05. The van der Waals surface area contributed by atoms with E-state index >= 15 is 0 Å². The molecule has 1 saturated carbocycles. The van der Waals surface area contributed by atoms with Crippen LogP contribution < -0.4 is 5.32 Å². The van der Waals surface area contributed by atoms with Gasteiger partial charge in [0.1, 0.15) is 0 Å². The van der Waals surface area contributed by atoms with Gasteiger partial charge in [0.2, 0.25) is 0 Å². The fourth-order valence-electron chi connectivity index (χ4n) is 2.78. The minimum absolute atomic E-state index is 0.573. The largest absolute Gasteiger partial charge is 0.311 e. The van der Waals surface area contributed by atoms with Crippen molar-refractivity contribution in [1.29, 1.82) is 0 Å². The van der Waals surface area contributed by atoms with Gasteiger partial charge in [-0.3, -0.25) is 0 Å². The molecule has 0 aromatic heterocycles. The zero-order valence-corrected chi connectivity index (χ0v) is 13.2. The molecule has 0 heterocycles. The van der Waals surface area contributed by atoms with E-state index in [1.165, 1.54) is 18.4 Å². The van der Waals surface area contributed by atoms with E-state index in [0.717, 1.165) is 28.8 Å². The van der Waals surface area contributed by atoms with Crippen molar-refractivity contribution in [3.63, 3.8) is 0 Å². The van der Waals surface area contributed by atoms with Crippen LogP contribution in [-0.2, 0) is 6.42 Å². The number of nitrogens with one attached hydrogen (secondary N) is 1. The zero-order valence-electron chi connectivity index (χ0n) is 11.6. The van der Waals surface area contributed by atoms with Gasteiger partial charge in [-0.2, -0.15) is 0 Å². The molecule has 1 N–H and O–H groups in total. The summed E-state index contributed by atoms with van der Waals surface area (Å²) in [5.41, 5.74) is 1.41. The minimum Gasteiger partial charge on any atom is -0.311 e. The number of halogens is 1. The Kier molecular flexibility index (Phi) is 4.85. The molecule has 1 unspecified atom stereocenters. The van der Waals surface area contributed by atoms with Gasteiger partial charge in [0.05, 0.1) is 0 Å². The van der Waals surface area contributed by atoms with E-state index in [4.69, 9.17) is 0 Å². The van der Waals surface area contributed by atoms with Crippen LogP contribution in [0.25, 0.3) is 0 Å². The molecular weight excluding hydrogens is 286 g/mol. The maximum Gasteiger partial charge on any atom is 0.0175 e. The molecule has 0 bridgehead atoms. The summed E-state index contributed by atoms with van der Waals surface area (Å²) in [5, 5.41) is 3.75. The Morgan fingerprint density at radius 2 is 1.78 bits per heavy atom. The van der Waals surface area contributed by atoms with E-state index in [1.807, 2.05) is 0 Å². The molecule has 1 nitrogen and oxygen atoms in total. The van der Waals surface area contributed by atoms with Crippen LogP contribution in [0.15, 0.2) is 28.7 Å². The lowest BCUT2D eigenvalue weighted by atomic mass is 9.73. The Morgan fingerprint density at radius 3 is 2.33 bits per heavy atom. The monoisotopic (exact) mass is 309 g/mol. The van der Waals surface area contributed by atoms with E-state index in [-0.39, 0.29) is 0 Å². The van der Waals surface area contributed by atoms with Crippen LogP contribution in [0.2, 0.25) is 0 Å². The van der Waals surface area contributed by atoms with Crippen molar-refractivity contribution in [3.05, 3.63) is 34.3 Å². The third-order valence-corrected chi connectivity index (χ3v) is 4.62. The maximum absolute atomic E-state index is 3.75. The van der Waals surface area contributed by atoms with Gasteiger partial charge in [-0.05, 0) is 55.7 Å². The molecule has 2 heteroatoms. The molecule has 1 aliphatic rings. The van der Waals surface area contributed by atoms with Crippen molar-refractivity contribution in [1.82, 2.24) is 5.32 Å². The highest BCUT2D eigenvalue weighted by molar-refractivity contribution is 9.10. The number of hydrogen-bond acceptors (Lipinski definition) is 1. The minimum atomic E-state index is 0.573. The van der Waals surface area contributed by atoms with Crippen LogP contribution in [0.3, 0.4) is 0 Å². The molecule has 0 aliphatic heterocycles. The molecule has 1 atom stereocenters. The lowest BCUT2D eigenvalue weighted by Gasteiger charge is -2.40. The first kappa shape index (κ1) is 14.1. The van der Waals surface area contributed by atoms with Crippen molar-refractivity contribution in [2.24, 2.45) is 11.8 Å². The van der Waals surface area contributed by atoms with Crippen molar-refractivity contribution in [3.8, 4) is 0 Å². The predicted octanol–water partition coefficient (Wildman–Crippen LogP) is 4.40. The SMILES string of the molecule is CC(Cc1ccc(Br)cc1)NC1CC(C(C)C)C1. The summed E-state index contributed by atoms with van der Waals surface area (Å²) in [4.78, 5) is 0. The predicted molar refractivity (Wildman–Crippen MR) is 81.8 cm³/mol. The Hall–Kier alpha value is -0.340. The van der Waals surface area contributed by atoms with Crippen molar-refractivity contribution in [2.75, 3.05) is 0 Å². The van der Waals surface area contributed by atoms with Crippen LogP contribution >= 0.6 is 15.9 Å². The molecule has 0 saturated heterocycles. The fourth-order valence-corrected chi connectivity index (χ4v) is 3.04. The van der Waals surface area contributed by atoms with Crippen LogP contribution in [0.4, 0.5) is 0 Å². The van der Waals surface area contributed by atoms with E-state index in [0.29, 0.717) is 6.04 Å². The lowest BCUT2D eigenvalue weighted by molar-refractivity contribution is 0.159. The zero-order chi connectivity index (χ0) is 13.1. The summed E-state index contributed by atoms with van der Waals surface area (Å²) in [6.45, 7) is 6.98. The van der Waals surface area contributed by atoms with Crippen LogP contribution in [0, 0.1) is 11.8 Å². The summed E-state index contributed by atoms with van der Waals surface area (Å²) in [7, 11) is 0. The second-order valence-corrected chi connectivity index (χ2v) is 6.99. The molecule has 0 spiro atoms. The van der Waals surface area contributed by atoms with Crippen LogP contribution in [-0.4, -0.2) is 12.1 Å². The Labute approximate surface area is 119 Å². The summed E-state index contributed by atoms with van der Waals surface area (Å²) in [6, 6.07) is 9.99. The molecule has 1 fully saturated rings. The Bertz CT molecular complexity index is 365. The van der Waals surface area contributed by atoms with Gasteiger partial charge in [0.15, 0.2) is 0 Å². The molecule has 18 heavy (non-hydrogen) atoms. The highest BCUT2D eigenvalue weighted by atomic mass is 79.9. The fraction of sp³-hybridized carbons (Fsp3) is 0.625. The van der Waals surface area contributed by atoms with Gasteiger partial charge in [0, 0.05) is 16.6 Å². The van der Waals surface area contributed by atoms with Gasteiger partial charge in [-0.15, -0.1) is 0 Å².